The molecule has 1 aromatic carbocycles. The van der Waals surface area contributed by atoms with Gasteiger partial charge in [0.25, 0.3) is 0 Å². The number of aryl methyl sites for hydroxylation is 1. The zero-order chi connectivity index (χ0) is 24.3. The number of rotatable bonds is 8. The molecule has 32 heavy (non-hydrogen) atoms. The van der Waals surface area contributed by atoms with Crippen LogP contribution in [0.5, 0.6) is 5.75 Å². The van der Waals surface area contributed by atoms with E-state index in [9.17, 15) is 18.3 Å². The Morgan fingerprint density at radius 1 is 1.31 bits per heavy atom. The molecular weight excluding hydrogens is 511 g/mol. The predicted octanol–water partition coefficient (Wildman–Crippen LogP) is 6.77. The normalized spacial score (nSPS) is 24.5. The smallest absolute Gasteiger partial charge is 0.412 e. The van der Waals surface area contributed by atoms with Gasteiger partial charge in [-0.2, -0.15) is 13.2 Å². The Labute approximate surface area is 201 Å². The van der Waals surface area contributed by atoms with Crippen LogP contribution in [-0.2, 0) is 25.6 Å². The average Bonchev–Trinajstić information content (AvgIpc) is 2.70. The summed E-state index contributed by atoms with van der Waals surface area (Å²) < 4.78 is 60.2. The molecule has 0 aliphatic heterocycles. The summed E-state index contributed by atoms with van der Waals surface area (Å²) in [4.78, 5) is 0. The number of ether oxygens (including phenoxy) is 1. The van der Waals surface area contributed by atoms with Crippen LogP contribution in [-0.4, -0.2) is 43.4 Å². The first-order chi connectivity index (χ1) is 14.7. The number of halogens is 5. The zero-order valence-electron chi connectivity index (χ0n) is 18.1. The molecule has 1 unspecified atom stereocenters. The van der Waals surface area contributed by atoms with E-state index in [2.05, 4.69) is 0 Å². The first-order valence-corrected chi connectivity index (χ1v) is 13.5. The predicted molar refractivity (Wildman–Crippen MR) is 123 cm³/mol. The summed E-state index contributed by atoms with van der Waals surface area (Å²) in [6.45, 7) is -0.0849. The molecule has 0 bridgehead atoms. The van der Waals surface area contributed by atoms with E-state index in [0.29, 0.717) is 47.4 Å². The van der Waals surface area contributed by atoms with Gasteiger partial charge in [0, 0.05) is 36.0 Å². The molecule has 12 heteroatoms. The van der Waals surface area contributed by atoms with Crippen molar-refractivity contribution in [1.82, 2.24) is 0 Å². The van der Waals surface area contributed by atoms with Gasteiger partial charge in [0.15, 0.2) is 12.4 Å². The SMILES string of the molecule is COC1(/C(OP(C)(=S)OCC(F)(F)F)=C(\C)c2c(C)cc(Cl)cc2OCl)CCC(O)CC1. The van der Waals surface area contributed by atoms with Gasteiger partial charge in [0.1, 0.15) is 23.2 Å². The lowest BCUT2D eigenvalue weighted by atomic mass is 9.79. The van der Waals surface area contributed by atoms with Crippen molar-refractivity contribution >= 4 is 47.3 Å². The maximum atomic E-state index is 12.8. The number of allylic oxidation sites excluding steroid dienone is 1. The highest BCUT2D eigenvalue weighted by Crippen LogP contribution is 2.54. The molecule has 1 aliphatic rings. The van der Waals surface area contributed by atoms with Crippen molar-refractivity contribution in [1.29, 1.82) is 0 Å². The fourth-order valence-electron chi connectivity index (χ4n) is 3.84. The van der Waals surface area contributed by atoms with E-state index in [1.54, 1.807) is 19.9 Å². The number of aliphatic hydroxyl groups is 1. The molecule has 5 nitrogen and oxygen atoms in total. The number of aliphatic hydroxyl groups excluding tert-OH is 1. The molecule has 0 aromatic heterocycles. The fraction of sp³-hybridized carbons (Fsp3) is 0.600. The topological polar surface area (TPSA) is 57.2 Å². The van der Waals surface area contributed by atoms with Gasteiger partial charge in [-0.1, -0.05) is 11.6 Å². The van der Waals surface area contributed by atoms with E-state index >= 15 is 0 Å². The molecule has 0 spiro atoms. The summed E-state index contributed by atoms with van der Waals surface area (Å²) in [5, 5.41) is 10.4. The summed E-state index contributed by atoms with van der Waals surface area (Å²) in [6.07, 6.45) is -3.48. The molecule has 0 saturated heterocycles. The van der Waals surface area contributed by atoms with E-state index in [-0.39, 0.29) is 11.5 Å². The van der Waals surface area contributed by atoms with Gasteiger partial charge in [0.2, 0.25) is 6.49 Å². The van der Waals surface area contributed by atoms with Gasteiger partial charge in [-0.3, -0.25) is 0 Å². The van der Waals surface area contributed by atoms with Crippen LogP contribution in [0.4, 0.5) is 13.2 Å². The number of benzene rings is 1. The standard InChI is InChI=1S/C20H26Cl2F3O5PS/c1-12-9-14(21)10-16(29-22)17(12)13(2)18(19(27-3)7-5-15(26)6-8-19)30-31(4,32)28-11-20(23,24)25/h9-10,15,26H,5-8,11H2,1-4H3/b18-13-. The maximum Gasteiger partial charge on any atom is 0.412 e. The molecule has 1 saturated carbocycles. The van der Waals surface area contributed by atoms with Gasteiger partial charge in [-0.05, 0) is 63.0 Å². The second-order valence-corrected chi connectivity index (χ2v) is 12.4. The monoisotopic (exact) mass is 536 g/mol. The Kier molecular flexibility index (Phi) is 9.36. The minimum Gasteiger partial charge on any atom is -0.445 e. The molecule has 0 radical (unpaired) electrons. The Morgan fingerprint density at radius 3 is 2.41 bits per heavy atom. The van der Waals surface area contributed by atoms with Crippen molar-refractivity contribution in [2.75, 3.05) is 20.4 Å². The molecule has 182 valence electrons. The Morgan fingerprint density at radius 2 is 1.91 bits per heavy atom. The minimum absolute atomic E-state index is 0.236. The molecular formula is C20H26Cl2F3O5PS. The van der Waals surface area contributed by atoms with Gasteiger partial charge < -0.3 is 23.2 Å². The van der Waals surface area contributed by atoms with Crippen LogP contribution in [0.2, 0.25) is 5.02 Å². The van der Waals surface area contributed by atoms with Crippen molar-refractivity contribution in [2.45, 2.75) is 57.4 Å². The van der Waals surface area contributed by atoms with Crippen LogP contribution in [0.3, 0.4) is 0 Å². The van der Waals surface area contributed by atoms with E-state index in [1.165, 1.54) is 19.8 Å². The second kappa shape index (κ2) is 10.8. The van der Waals surface area contributed by atoms with Gasteiger partial charge >= 0.3 is 6.18 Å². The van der Waals surface area contributed by atoms with E-state index in [4.69, 9.17) is 53.3 Å². The van der Waals surface area contributed by atoms with Crippen molar-refractivity contribution in [3.8, 4) is 5.75 Å². The Balaban J connectivity index is 2.65. The highest BCUT2D eigenvalue weighted by molar-refractivity contribution is 8.09. The van der Waals surface area contributed by atoms with E-state index in [1.807, 2.05) is 0 Å². The van der Waals surface area contributed by atoms with Crippen molar-refractivity contribution in [3.63, 3.8) is 0 Å². The molecule has 1 aromatic rings. The minimum atomic E-state index is -4.55. The van der Waals surface area contributed by atoms with Gasteiger partial charge in [0.05, 0.1) is 6.10 Å². The second-order valence-electron chi connectivity index (χ2n) is 7.81. The van der Waals surface area contributed by atoms with E-state index < -0.39 is 31.0 Å². The van der Waals surface area contributed by atoms with Crippen molar-refractivity contribution in [2.24, 2.45) is 0 Å². The molecule has 1 fully saturated rings. The van der Waals surface area contributed by atoms with Crippen LogP contribution in [0.1, 0.15) is 43.7 Å². The molecule has 1 aliphatic carbocycles. The Bertz CT molecular complexity index is 902. The van der Waals surface area contributed by atoms with Crippen molar-refractivity contribution < 1.29 is 36.4 Å². The highest BCUT2D eigenvalue weighted by Gasteiger charge is 2.43. The molecule has 2 rings (SSSR count). The first-order valence-electron chi connectivity index (χ1n) is 9.75. The van der Waals surface area contributed by atoms with Crippen molar-refractivity contribution in [3.05, 3.63) is 34.0 Å². The van der Waals surface area contributed by atoms with Gasteiger partial charge in [-0.15, -0.1) is 0 Å². The van der Waals surface area contributed by atoms with Crippen LogP contribution >= 0.6 is 30.0 Å². The summed E-state index contributed by atoms with van der Waals surface area (Å²) in [6, 6.07) is 3.22. The quantitative estimate of drug-likeness (QED) is 0.292. The van der Waals surface area contributed by atoms with Crippen LogP contribution in [0, 0.1) is 6.92 Å². The lowest BCUT2D eigenvalue weighted by molar-refractivity contribution is -0.153. The number of alkyl halides is 3. The third-order valence-electron chi connectivity index (χ3n) is 5.35. The third-order valence-corrected chi connectivity index (χ3v) is 7.39. The largest absolute Gasteiger partial charge is 0.445 e. The number of methoxy groups -OCH3 is 1. The van der Waals surface area contributed by atoms with Crippen LogP contribution < -0.4 is 4.29 Å². The van der Waals surface area contributed by atoms with Crippen LogP contribution in [0.15, 0.2) is 17.9 Å². The summed E-state index contributed by atoms with van der Waals surface area (Å²) in [5.41, 5.74) is 0.739. The highest BCUT2D eigenvalue weighted by atomic mass is 35.5. The summed E-state index contributed by atoms with van der Waals surface area (Å²) in [5.74, 6) is 0.485. The van der Waals surface area contributed by atoms with Gasteiger partial charge in [-0.25, -0.2) is 0 Å². The number of hydrogen-bond donors (Lipinski definition) is 1. The summed E-state index contributed by atoms with van der Waals surface area (Å²) in [7, 11) is 1.48. The molecule has 0 heterocycles. The summed E-state index contributed by atoms with van der Waals surface area (Å²) >= 11 is 17.1. The average molecular weight is 537 g/mol. The lowest BCUT2D eigenvalue weighted by Gasteiger charge is -2.41. The van der Waals surface area contributed by atoms with Crippen LogP contribution in [0.25, 0.3) is 5.57 Å². The molecule has 1 N–H and O–H groups in total. The lowest BCUT2D eigenvalue weighted by Crippen LogP contribution is -2.40. The molecule has 1 atom stereocenters. The maximum absolute atomic E-state index is 12.8. The zero-order valence-corrected chi connectivity index (χ0v) is 21.3. The fourth-order valence-corrected chi connectivity index (χ4v) is 5.67. The molecule has 0 amide bonds. The number of hydrogen-bond acceptors (Lipinski definition) is 6. The van der Waals surface area contributed by atoms with E-state index in [0.717, 1.165) is 0 Å². The first kappa shape index (κ1) is 27.7. The Hall–Kier alpha value is -0.540. The third kappa shape index (κ3) is 6.98.